The van der Waals surface area contributed by atoms with Crippen LogP contribution in [0.2, 0.25) is 0 Å². The molecule has 0 saturated carbocycles. The highest BCUT2D eigenvalue weighted by molar-refractivity contribution is 5.78. The third kappa shape index (κ3) is 6.94. The summed E-state index contributed by atoms with van der Waals surface area (Å²) >= 11 is 0. The van der Waals surface area contributed by atoms with Gasteiger partial charge in [0.15, 0.2) is 0 Å². The van der Waals surface area contributed by atoms with Crippen molar-refractivity contribution < 1.29 is 9.53 Å². The van der Waals surface area contributed by atoms with E-state index in [0.717, 1.165) is 17.9 Å². The lowest BCUT2D eigenvalue weighted by atomic mass is 10.1. The van der Waals surface area contributed by atoms with E-state index in [1.807, 2.05) is 31.2 Å². The van der Waals surface area contributed by atoms with Crippen molar-refractivity contribution in [1.82, 2.24) is 10.2 Å². The van der Waals surface area contributed by atoms with Gasteiger partial charge in [-0.1, -0.05) is 45.4 Å². The molecule has 0 saturated heterocycles. The molecule has 4 heteroatoms. The van der Waals surface area contributed by atoms with Gasteiger partial charge in [-0.2, -0.15) is 0 Å². The van der Waals surface area contributed by atoms with Gasteiger partial charge in [-0.3, -0.25) is 9.69 Å². The van der Waals surface area contributed by atoms with Gasteiger partial charge in [0.2, 0.25) is 5.91 Å². The van der Waals surface area contributed by atoms with E-state index in [-0.39, 0.29) is 11.9 Å². The molecule has 1 rings (SSSR count). The normalized spacial score (nSPS) is 11.4. The van der Waals surface area contributed by atoms with E-state index in [2.05, 4.69) is 37.9 Å². The van der Waals surface area contributed by atoms with Gasteiger partial charge in [-0.25, -0.2) is 0 Å². The number of carbonyl (C=O) groups is 1. The van der Waals surface area contributed by atoms with Gasteiger partial charge >= 0.3 is 0 Å². The van der Waals surface area contributed by atoms with Gasteiger partial charge in [0.25, 0.3) is 0 Å². The van der Waals surface area contributed by atoms with Crippen LogP contribution in [0.4, 0.5) is 0 Å². The summed E-state index contributed by atoms with van der Waals surface area (Å²) in [7, 11) is 1.67. The minimum Gasteiger partial charge on any atom is -0.496 e. The Kier molecular flexibility index (Phi) is 11.2. The van der Waals surface area contributed by atoms with Crippen LogP contribution in [0.15, 0.2) is 24.3 Å². The Labute approximate surface area is 135 Å². The molecule has 126 valence electrons. The SMILES string of the molecule is CCC.CCNC(=O)CN(CC)[C@@H](C)c1ccccc1OC. The first-order valence-corrected chi connectivity index (χ1v) is 8.19. The molecule has 1 amide bonds. The molecule has 0 heterocycles. The maximum Gasteiger partial charge on any atom is 0.234 e. The fourth-order valence-electron chi connectivity index (χ4n) is 2.17. The van der Waals surface area contributed by atoms with Crippen molar-refractivity contribution in [3.05, 3.63) is 29.8 Å². The lowest BCUT2D eigenvalue weighted by Crippen LogP contribution is -2.38. The highest BCUT2D eigenvalue weighted by Gasteiger charge is 2.19. The third-order valence-electron chi connectivity index (χ3n) is 3.26. The number of benzene rings is 1. The number of hydrogen-bond donors (Lipinski definition) is 1. The zero-order chi connectivity index (χ0) is 17.0. The predicted octanol–water partition coefficient (Wildman–Crippen LogP) is 3.63. The predicted molar refractivity (Wildman–Crippen MR) is 93.3 cm³/mol. The van der Waals surface area contributed by atoms with Gasteiger partial charge in [0, 0.05) is 18.2 Å². The van der Waals surface area contributed by atoms with E-state index >= 15 is 0 Å². The molecular formula is C18H32N2O2. The van der Waals surface area contributed by atoms with Crippen molar-refractivity contribution in [2.75, 3.05) is 26.7 Å². The van der Waals surface area contributed by atoms with E-state index in [1.165, 1.54) is 6.42 Å². The minimum absolute atomic E-state index is 0.0612. The first kappa shape index (κ1) is 20.5. The number of para-hydroxylation sites is 1. The van der Waals surface area contributed by atoms with Crippen molar-refractivity contribution >= 4 is 5.91 Å². The Morgan fingerprint density at radius 2 is 1.82 bits per heavy atom. The number of carbonyl (C=O) groups excluding carboxylic acids is 1. The lowest BCUT2D eigenvalue weighted by Gasteiger charge is -2.28. The molecule has 0 unspecified atom stereocenters. The summed E-state index contributed by atoms with van der Waals surface area (Å²) in [5, 5.41) is 2.83. The summed E-state index contributed by atoms with van der Waals surface area (Å²) in [4.78, 5) is 13.8. The lowest BCUT2D eigenvalue weighted by molar-refractivity contribution is -0.122. The maximum atomic E-state index is 11.7. The number of methoxy groups -OCH3 is 1. The summed E-state index contributed by atoms with van der Waals surface area (Å²) in [6.07, 6.45) is 1.25. The Morgan fingerprint density at radius 3 is 2.32 bits per heavy atom. The van der Waals surface area contributed by atoms with Crippen LogP contribution in [-0.2, 0) is 4.79 Å². The van der Waals surface area contributed by atoms with Gasteiger partial charge in [-0.05, 0) is 26.5 Å². The Hall–Kier alpha value is -1.55. The molecule has 1 aromatic rings. The summed E-state index contributed by atoms with van der Waals surface area (Å²) in [6.45, 7) is 12.2. The molecule has 1 atom stereocenters. The molecule has 0 spiro atoms. The quantitative estimate of drug-likeness (QED) is 0.836. The number of amides is 1. The topological polar surface area (TPSA) is 41.6 Å². The molecule has 0 radical (unpaired) electrons. The number of ether oxygens (including phenoxy) is 1. The van der Waals surface area contributed by atoms with E-state index in [0.29, 0.717) is 13.1 Å². The van der Waals surface area contributed by atoms with Gasteiger partial charge < -0.3 is 10.1 Å². The smallest absolute Gasteiger partial charge is 0.234 e. The van der Waals surface area contributed by atoms with E-state index in [9.17, 15) is 4.79 Å². The first-order chi connectivity index (χ1) is 10.5. The highest BCUT2D eigenvalue weighted by atomic mass is 16.5. The van der Waals surface area contributed by atoms with Crippen molar-refractivity contribution in [3.8, 4) is 5.75 Å². The molecule has 0 aliphatic heterocycles. The monoisotopic (exact) mass is 308 g/mol. The van der Waals surface area contributed by atoms with Gasteiger partial charge in [0.05, 0.1) is 13.7 Å². The number of rotatable bonds is 7. The van der Waals surface area contributed by atoms with Crippen LogP contribution in [-0.4, -0.2) is 37.6 Å². The zero-order valence-corrected chi connectivity index (χ0v) is 15.0. The molecule has 0 aromatic heterocycles. The van der Waals surface area contributed by atoms with E-state index < -0.39 is 0 Å². The van der Waals surface area contributed by atoms with Crippen LogP contribution in [0.5, 0.6) is 5.75 Å². The molecule has 0 aliphatic rings. The molecule has 0 fully saturated rings. The summed E-state index contributed by atoms with van der Waals surface area (Å²) in [5.74, 6) is 0.926. The number of likely N-dealkylation sites (N-methyl/N-ethyl adjacent to an activating group) is 2. The van der Waals surface area contributed by atoms with Crippen LogP contribution < -0.4 is 10.1 Å². The van der Waals surface area contributed by atoms with E-state index in [1.54, 1.807) is 7.11 Å². The molecule has 4 nitrogen and oxygen atoms in total. The molecule has 0 bridgehead atoms. The van der Waals surface area contributed by atoms with Crippen LogP contribution >= 0.6 is 0 Å². The van der Waals surface area contributed by atoms with Gasteiger partial charge in [-0.15, -0.1) is 0 Å². The van der Waals surface area contributed by atoms with E-state index in [4.69, 9.17) is 4.74 Å². The number of nitrogens with zero attached hydrogens (tertiary/aromatic N) is 1. The fourth-order valence-corrected chi connectivity index (χ4v) is 2.17. The molecular weight excluding hydrogens is 276 g/mol. The van der Waals surface area contributed by atoms with Crippen LogP contribution in [0.25, 0.3) is 0 Å². The minimum atomic E-state index is 0.0612. The number of nitrogens with one attached hydrogen (secondary N) is 1. The largest absolute Gasteiger partial charge is 0.496 e. The van der Waals surface area contributed by atoms with Gasteiger partial charge in [0.1, 0.15) is 5.75 Å². The van der Waals surface area contributed by atoms with Crippen molar-refractivity contribution in [3.63, 3.8) is 0 Å². The van der Waals surface area contributed by atoms with Crippen molar-refractivity contribution in [2.45, 2.75) is 47.1 Å². The molecule has 1 N–H and O–H groups in total. The van der Waals surface area contributed by atoms with Crippen molar-refractivity contribution in [1.29, 1.82) is 0 Å². The second-order valence-electron chi connectivity index (χ2n) is 5.14. The first-order valence-electron chi connectivity index (χ1n) is 8.19. The van der Waals surface area contributed by atoms with Crippen molar-refractivity contribution in [2.24, 2.45) is 0 Å². The summed E-state index contributed by atoms with van der Waals surface area (Å²) in [5.41, 5.74) is 1.11. The Balaban J connectivity index is 0.00000135. The van der Waals surface area contributed by atoms with Crippen LogP contribution in [0, 0.1) is 0 Å². The summed E-state index contributed by atoms with van der Waals surface area (Å²) < 4.78 is 5.39. The molecule has 22 heavy (non-hydrogen) atoms. The molecule has 1 aromatic carbocycles. The zero-order valence-electron chi connectivity index (χ0n) is 15.0. The van der Waals surface area contributed by atoms with Crippen LogP contribution in [0.3, 0.4) is 0 Å². The second kappa shape index (κ2) is 12.0. The average Bonchev–Trinajstić information content (AvgIpc) is 2.53. The Morgan fingerprint density at radius 1 is 1.23 bits per heavy atom. The average molecular weight is 308 g/mol. The summed E-state index contributed by atoms with van der Waals surface area (Å²) in [6, 6.07) is 8.09. The molecule has 0 aliphatic carbocycles. The highest BCUT2D eigenvalue weighted by Crippen LogP contribution is 2.28. The second-order valence-corrected chi connectivity index (χ2v) is 5.14. The van der Waals surface area contributed by atoms with Crippen LogP contribution in [0.1, 0.15) is 52.6 Å². The number of hydrogen-bond acceptors (Lipinski definition) is 3. The third-order valence-corrected chi connectivity index (χ3v) is 3.26. The standard InChI is InChI=1S/C15H24N2O2.C3H8/c1-5-16-15(18)11-17(6-2)12(3)13-9-7-8-10-14(13)19-4;1-3-2/h7-10,12H,5-6,11H2,1-4H3,(H,16,18);3H2,1-2H3/t12-;/m0./s1. The maximum absolute atomic E-state index is 11.7. The Bertz CT molecular complexity index is 421. The fraction of sp³-hybridized carbons (Fsp3) is 0.611.